The molecule has 0 atom stereocenters. The Balaban J connectivity index is 2.51. The Morgan fingerprint density at radius 2 is 1.83 bits per heavy atom. The van der Waals surface area contributed by atoms with Crippen LogP contribution in [0.25, 0.3) is 0 Å². The quantitative estimate of drug-likeness (QED) is 0.757. The lowest BCUT2D eigenvalue weighted by molar-refractivity contribution is 0.103. The van der Waals surface area contributed by atoms with Crippen molar-refractivity contribution in [3.63, 3.8) is 0 Å². The van der Waals surface area contributed by atoms with E-state index in [1.54, 1.807) is 13.0 Å². The highest BCUT2D eigenvalue weighted by molar-refractivity contribution is 9.10. The van der Waals surface area contributed by atoms with Crippen LogP contribution in [0.3, 0.4) is 0 Å². The Morgan fingerprint density at radius 1 is 1.11 bits per heavy atom. The second-order valence-electron chi connectivity index (χ2n) is 3.97. The number of aryl methyl sites for hydroxylation is 1. The van der Waals surface area contributed by atoms with Crippen molar-refractivity contribution in [3.8, 4) is 0 Å². The Labute approximate surface area is 112 Å². The van der Waals surface area contributed by atoms with Crippen LogP contribution < -0.4 is 0 Å². The maximum absolute atomic E-state index is 13.6. The predicted octanol–water partition coefficient (Wildman–Crippen LogP) is 4.27. The molecule has 0 saturated carbocycles. The molecule has 2 rings (SSSR count). The van der Waals surface area contributed by atoms with Crippen LogP contribution in [-0.2, 0) is 0 Å². The van der Waals surface area contributed by atoms with Gasteiger partial charge in [0.2, 0.25) is 0 Å². The van der Waals surface area contributed by atoms with Crippen molar-refractivity contribution < 1.29 is 13.6 Å². The molecule has 0 fully saturated rings. The van der Waals surface area contributed by atoms with E-state index in [0.29, 0.717) is 4.47 Å². The second kappa shape index (κ2) is 4.98. The largest absolute Gasteiger partial charge is 0.288 e. The topological polar surface area (TPSA) is 17.1 Å². The van der Waals surface area contributed by atoms with E-state index in [4.69, 9.17) is 0 Å². The van der Waals surface area contributed by atoms with Gasteiger partial charge in [0.1, 0.15) is 11.6 Å². The summed E-state index contributed by atoms with van der Waals surface area (Å²) in [5.74, 6) is -1.68. The third-order valence-corrected chi connectivity index (χ3v) is 2.95. The zero-order valence-electron chi connectivity index (χ0n) is 9.51. The molecule has 4 heteroatoms. The number of benzene rings is 2. The average Bonchev–Trinajstić information content (AvgIpc) is 2.30. The summed E-state index contributed by atoms with van der Waals surface area (Å²) in [6, 6.07) is 8.06. The van der Waals surface area contributed by atoms with E-state index >= 15 is 0 Å². The summed E-state index contributed by atoms with van der Waals surface area (Å²) in [5, 5.41) is 0. The molecule has 0 amide bonds. The van der Waals surface area contributed by atoms with Gasteiger partial charge in [-0.25, -0.2) is 8.78 Å². The molecule has 0 spiro atoms. The molecule has 0 aliphatic rings. The van der Waals surface area contributed by atoms with Crippen LogP contribution in [0, 0.1) is 18.6 Å². The van der Waals surface area contributed by atoms with E-state index < -0.39 is 17.4 Å². The summed E-state index contributed by atoms with van der Waals surface area (Å²) in [7, 11) is 0. The van der Waals surface area contributed by atoms with Gasteiger partial charge in [0, 0.05) is 10.0 Å². The van der Waals surface area contributed by atoms with Gasteiger partial charge in [-0.3, -0.25) is 4.79 Å². The molecule has 1 nitrogen and oxygen atoms in total. The van der Waals surface area contributed by atoms with Crippen molar-refractivity contribution in [1.29, 1.82) is 0 Å². The molecule has 0 aromatic heterocycles. The summed E-state index contributed by atoms with van der Waals surface area (Å²) in [6.45, 7) is 1.76. The van der Waals surface area contributed by atoms with Gasteiger partial charge in [-0.05, 0) is 37.3 Å². The molecular formula is C14H9BrF2O. The summed E-state index contributed by atoms with van der Waals surface area (Å²) < 4.78 is 27.2. The lowest BCUT2D eigenvalue weighted by atomic mass is 10.0. The standard InChI is InChI=1S/C14H9BrF2O/c1-8-2-3-13(17)12(4-8)14(18)9-5-10(15)7-11(16)6-9/h2-7H,1H3. The Kier molecular flexibility index (Phi) is 3.57. The summed E-state index contributed by atoms with van der Waals surface area (Å²) in [6.07, 6.45) is 0. The molecule has 2 aromatic carbocycles. The lowest BCUT2D eigenvalue weighted by Crippen LogP contribution is -2.05. The van der Waals surface area contributed by atoms with E-state index in [1.165, 1.54) is 24.3 Å². The highest BCUT2D eigenvalue weighted by Gasteiger charge is 2.15. The summed E-state index contributed by atoms with van der Waals surface area (Å²) in [4.78, 5) is 12.1. The SMILES string of the molecule is Cc1ccc(F)c(C(=O)c2cc(F)cc(Br)c2)c1. The van der Waals surface area contributed by atoms with E-state index in [2.05, 4.69) is 15.9 Å². The van der Waals surface area contributed by atoms with Crippen LogP contribution in [0.15, 0.2) is 40.9 Å². The fraction of sp³-hybridized carbons (Fsp3) is 0.0714. The molecule has 0 bridgehead atoms. The maximum atomic E-state index is 13.6. The van der Waals surface area contributed by atoms with Gasteiger partial charge in [0.05, 0.1) is 5.56 Å². The van der Waals surface area contributed by atoms with Crippen LogP contribution in [0.5, 0.6) is 0 Å². The van der Waals surface area contributed by atoms with Gasteiger partial charge in [0.15, 0.2) is 5.78 Å². The number of halogens is 3. The lowest BCUT2D eigenvalue weighted by Gasteiger charge is -2.05. The third-order valence-electron chi connectivity index (χ3n) is 2.49. The number of carbonyl (C=O) groups excluding carboxylic acids is 1. The first-order valence-electron chi connectivity index (χ1n) is 5.24. The van der Waals surface area contributed by atoms with Crippen LogP contribution in [-0.4, -0.2) is 5.78 Å². The van der Waals surface area contributed by atoms with Crippen molar-refractivity contribution >= 4 is 21.7 Å². The van der Waals surface area contributed by atoms with Gasteiger partial charge in [-0.2, -0.15) is 0 Å². The molecule has 0 aliphatic heterocycles. The van der Waals surface area contributed by atoms with Gasteiger partial charge in [-0.1, -0.05) is 27.6 Å². The van der Waals surface area contributed by atoms with Crippen molar-refractivity contribution in [2.75, 3.05) is 0 Å². The average molecular weight is 311 g/mol. The first kappa shape index (κ1) is 12.9. The van der Waals surface area contributed by atoms with E-state index in [9.17, 15) is 13.6 Å². The number of hydrogen-bond donors (Lipinski definition) is 0. The Bertz CT molecular complexity index is 603. The predicted molar refractivity (Wildman–Crippen MR) is 68.7 cm³/mol. The monoisotopic (exact) mass is 310 g/mol. The molecule has 0 radical (unpaired) electrons. The third kappa shape index (κ3) is 2.64. The summed E-state index contributed by atoms with van der Waals surface area (Å²) in [5.41, 5.74) is 0.842. The van der Waals surface area contributed by atoms with Crippen LogP contribution in [0.1, 0.15) is 21.5 Å². The normalized spacial score (nSPS) is 10.4. The molecular weight excluding hydrogens is 302 g/mol. The fourth-order valence-corrected chi connectivity index (χ4v) is 2.12. The Hall–Kier alpha value is -1.55. The van der Waals surface area contributed by atoms with Crippen molar-refractivity contribution in [3.05, 3.63) is 69.2 Å². The van der Waals surface area contributed by atoms with Crippen molar-refractivity contribution in [2.24, 2.45) is 0 Å². The van der Waals surface area contributed by atoms with Crippen LogP contribution >= 0.6 is 15.9 Å². The number of carbonyl (C=O) groups is 1. The summed E-state index contributed by atoms with van der Waals surface area (Å²) >= 11 is 3.10. The van der Waals surface area contributed by atoms with E-state index in [1.807, 2.05) is 0 Å². The first-order chi connectivity index (χ1) is 8.47. The van der Waals surface area contributed by atoms with Gasteiger partial charge < -0.3 is 0 Å². The van der Waals surface area contributed by atoms with E-state index in [-0.39, 0.29) is 11.1 Å². The van der Waals surface area contributed by atoms with Gasteiger partial charge in [-0.15, -0.1) is 0 Å². The number of rotatable bonds is 2. The number of ketones is 1. The molecule has 2 aromatic rings. The van der Waals surface area contributed by atoms with Crippen molar-refractivity contribution in [1.82, 2.24) is 0 Å². The second-order valence-corrected chi connectivity index (χ2v) is 4.89. The van der Waals surface area contributed by atoms with Gasteiger partial charge >= 0.3 is 0 Å². The van der Waals surface area contributed by atoms with Crippen LogP contribution in [0.2, 0.25) is 0 Å². The first-order valence-corrected chi connectivity index (χ1v) is 6.03. The smallest absolute Gasteiger partial charge is 0.196 e. The zero-order chi connectivity index (χ0) is 13.3. The Morgan fingerprint density at radius 3 is 2.50 bits per heavy atom. The number of hydrogen-bond acceptors (Lipinski definition) is 1. The minimum Gasteiger partial charge on any atom is -0.288 e. The minimum absolute atomic E-state index is 0.0486. The molecule has 0 heterocycles. The zero-order valence-corrected chi connectivity index (χ0v) is 11.1. The van der Waals surface area contributed by atoms with Crippen molar-refractivity contribution in [2.45, 2.75) is 6.92 Å². The molecule has 18 heavy (non-hydrogen) atoms. The highest BCUT2D eigenvalue weighted by atomic mass is 79.9. The molecule has 0 N–H and O–H groups in total. The highest BCUT2D eigenvalue weighted by Crippen LogP contribution is 2.20. The molecule has 0 aliphatic carbocycles. The molecule has 0 saturated heterocycles. The maximum Gasteiger partial charge on any atom is 0.196 e. The molecule has 92 valence electrons. The van der Waals surface area contributed by atoms with Gasteiger partial charge in [0.25, 0.3) is 0 Å². The van der Waals surface area contributed by atoms with E-state index in [0.717, 1.165) is 11.6 Å². The van der Waals surface area contributed by atoms with Crippen LogP contribution in [0.4, 0.5) is 8.78 Å². The fourth-order valence-electron chi connectivity index (χ4n) is 1.65. The minimum atomic E-state index is -0.606. The molecule has 0 unspecified atom stereocenters.